The summed E-state index contributed by atoms with van der Waals surface area (Å²) < 4.78 is 4.84. The van der Waals surface area contributed by atoms with Crippen molar-refractivity contribution in [3.05, 3.63) is 29.8 Å². The van der Waals surface area contributed by atoms with Gasteiger partial charge in [-0.15, -0.1) is 0 Å². The Balaban J connectivity index is 2.18. The maximum Gasteiger partial charge on any atom is 0.306 e. The van der Waals surface area contributed by atoms with Crippen molar-refractivity contribution in [2.75, 3.05) is 18.5 Å². The van der Waals surface area contributed by atoms with Crippen molar-refractivity contribution in [2.24, 2.45) is 0 Å². The second-order valence-electron chi connectivity index (χ2n) is 4.66. The van der Waals surface area contributed by atoms with Gasteiger partial charge in [0.1, 0.15) is 0 Å². The quantitative estimate of drug-likeness (QED) is 0.587. The van der Waals surface area contributed by atoms with Crippen LogP contribution in [0.3, 0.4) is 0 Å². The number of amides is 2. The van der Waals surface area contributed by atoms with Crippen molar-refractivity contribution in [3.8, 4) is 0 Å². The van der Waals surface area contributed by atoms with E-state index in [-0.39, 0.29) is 24.8 Å². The Kier molecular flexibility index (Phi) is 6.94. The van der Waals surface area contributed by atoms with Crippen molar-refractivity contribution in [2.45, 2.75) is 26.7 Å². The van der Waals surface area contributed by atoms with Crippen molar-refractivity contribution in [3.63, 3.8) is 0 Å². The molecular formula is C15H20N2O4. The van der Waals surface area contributed by atoms with Crippen LogP contribution >= 0.6 is 0 Å². The van der Waals surface area contributed by atoms with E-state index >= 15 is 0 Å². The summed E-state index contributed by atoms with van der Waals surface area (Å²) in [4.78, 5) is 33.6. The summed E-state index contributed by atoms with van der Waals surface area (Å²) in [5.41, 5.74) is 1.76. The third-order valence-corrected chi connectivity index (χ3v) is 2.63. The Bertz CT molecular complexity index is 497. The van der Waals surface area contributed by atoms with Crippen LogP contribution < -0.4 is 10.6 Å². The minimum absolute atomic E-state index is 0.138. The van der Waals surface area contributed by atoms with Crippen molar-refractivity contribution >= 4 is 23.5 Å². The zero-order valence-corrected chi connectivity index (χ0v) is 12.3. The number of carbonyl (C=O) groups is 3. The molecule has 0 aliphatic heterocycles. The molecule has 0 aliphatic carbocycles. The van der Waals surface area contributed by atoms with Crippen molar-refractivity contribution in [1.29, 1.82) is 0 Å². The van der Waals surface area contributed by atoms with Crippen LogP contribution in [0.2, 0.25) is 0 Å². The number of benzene rings is 1. The van der Waals surface area contributed by atoms with E-state index in [2.05, 4.69) is 10.6 Å². The fraction of sp³-hybridized carbons (Fsp3) is 0.400. The smallest absolute Gasteiger partial charge is 0.306 e. The van der Waals surface area contributed by atoms with Gasteiger partial charge in [-0.25, -0.2) is 0 Å². The monoisotopic (exact) mass is 292 g/mol. The van der Waals surface area contributed by atoms with Crippen LogP contribution in [-0.2, 0) is 19.1 Å². The Morgan fingerprint density at radius 2 is 1.81 bits per heavy atom. The van der Waals surface area contributed by atoms with Crippen LogP contribution in [0.25, 0.3) is 0 Å². The second kappa shape index (κ2) is 8.73. The lowest BCUT2D eigenvalue weighted by atomic mass is 10.2. The normalized spacial score (nSPS) is 9.81. The molecule has 1 aromatic rings. The molecule has 0 fully saturated rings. The van der Waals surface area contributed by atoms with Gasteiger partial charge in [-0.3, -0.25) is 14.4 Å². The molecule has 0 radical (unpaired) electrons. The first-order valence-corrected chi connectivity index (χ1v) is 6.74. The van der Waals surface area contributed by atoms with Gasteiger partial charge in [-0.1, -0.05) is 17.7 Å². The van der Waals surface area contributed by atoms with Gasteiger partial charge in [0, 0.05) is 25.6 Å². The highest BCUT2D eigenvalue weighted by molar-refractivity contribution is 5.92. The molecule has 0 heterocycles. The third kappa shape index (κ3) is 7.71. The molecule has 0 saturated carbocycles. The zero-order valence-electron chi connectivity index (χ0n) is 12.3. The summed E-state index contributed by atoms with van der Waals surface area (Å²) in [5.74, 6) is -0.977. The Labute approximate surface area is 123 Å². The van der Waals surface area contributed by atoms with Gasteiger partial charge < -0.3 is 15.4 Å². The molecule has 114 valence electrons. The van der Waals surface area contributed by atoms with Gasteiger partial charge in [-0.05, 0) is 25.5 Å². The summed E-state index contributed by atoms with van der Waals surface area (Å²) in [6.45, 7) is 3.47. The molecule has 21 heavy (non-hydrogen) atoms. The van der Waals surface area contributed by atoms with Gasteiger partial charge in [0.05, 0.1) is 0 Å². The average Bonchev–Trinajstić information content (AvgIpc) is 2.44. The Morgan fingerprint density at radius 1 is 1.14 bits per heavy atom. The maximum atomic E-state index is 11.6. The molecule has 0 aromatic heterocycles. The first-order chi connectivity index (χ1) is 9.97. The number of esters is 1. The van der Waals surface area contributed by atoms with Gasteiger partial charge in [0.2, 0.25) is 5.91 Å². The summed E-state index contributed by atoms with van der Waals surface area (Å²) >= 11 is 0. The van der Waals surface area contributed by atoms with E-state index in [0.717, 1.165) is 5.56 Å². The molecule has 2 amide bonds. The van der Waals surface area contributed by atoms with Crippen LogP contribution in [0.1, 0.15) is 25.3 Å². The average molecular weight is 292 g/mol. The molecule has 0 spiro atoms. The number of aryl methyl sites for hydroxylation is 1. The Hall–Kier alpha value is -2.37. The number of anilines is 1. The minimum atomic E-state index is -0.459. The fourth-order valence-electron chi connectivity index (χ4n) is 1.55. The second-order valence-corrected chi connectivity index (χ2v) is 4.66. The van der Waals surface area contributed by atoms with E-state index in [1.54, 1.807) is 12.1 Å². The molecular weight excluding hydrogens is 272 g/mol. The van der Waals surface area contributed by atoms with Crippen LogP contribution in [0.15, 0.2) is 24.3 Å². The first kappa shape index (κ1) is 16.7. The lowest BCUT2D eigenvalue weighted by Gasteiger charge is -2.07. The summed E-state index contributed by atoms with van der Waals surface area (Å²) in [6, 6.07) is 7.32. The van der Waals surface area contributed by atoms with Gasteiger partial charge >= 0.3 is 5.97 Å². The van der Waals surface area contributed by atoms with E-state index in [1.165, 1.54) is 6.92 Å². The van der Waals surface area contributed by atoms with Gasteiger partial charge in [0.15, 0.2) is 6.61 Å². The highest BCUT2D eigenvalue weighted by Crippen LogP contribution is 2.08. The molecule has 0 saturated heterocycles. The zero-order chi connectivity index (χ0) is 15.7. The van der Waals surface area contributed by atoms with E-state index in [9.17, 15) is 14.4 Å². The molecule has 6 heteroatoms. The van der Waals surface area contributed by atoms with Gasteiger partial charge in [-0.2, -0.15) is 0 Å². The molecule has 0 bridgehead atoms. The molecule has 2 N–H and O–H groups in total. The van der Waals surface area contributed by atoms with E-state index in [0.29, 0.717) is 18.7 Å². The van der Waals surface area contributed by atoms with E-state index in [1.807, 2.05) is 19.1 Å². The molecule has 0 atom stereocenters. The van der Waals surface area contributed by atoms with Crippen LogP contribution in [0.5, 0.6) is 0 Å². The maximum absolute atomic E-state index is 11.6. The van der Waals surface area contributed by atoms with E-state index in [4.69, 9.17) is 4.74 Å². The molecule has 6 nitrogen and oxygen atoms in total. The third-order valence-electron chi connectivity index (χ3n) is 2.63. The highest BCUT2D eigenvalue weighted by atomic mass is 16.5. The number of hydrogen-bond acceptors (Lipinski definition) is 4. The molecule has 0 aliphatic rings. The van der Waals surface area contributed by atoms with Crippen molar-refractivity contribution in [1.82, 2.24) is 5.32 Å². The van der Waals surface area contributed by atoms with Crippen molar-refractivity contribution < 1.29 is 19.1 Å². The minimum Gasteiger partial charge on any atom is -0.456 e. The Morgan fingerprint density at radius 3 is 2.43 bits per heavy atom. The number of carbonyl (C=O) groups excluding carboxylic acids is 3. The van der Waals surface area contributed by atoms with Crippen LogP contribution in [-0.4, -0.2) is 30.9 Å². The largest absolute Gasteiger partial charge is 0.456 e. The lowest BCUT2D eigenvalue weighted by molar-refractivity contribution is -0.147. The lowest BCUT2D eigenvalue weighted by Crippen LogP contribution is -2.23. The molecule has 0 unspecified atom stereocenters. The number of hydrogen-bond donors (Lipinski definition) is 2. The van der Waals surface area contributed by atoms with Crippen LogP contribution in [0, 0.1) is 6.92 Å². The van der Waals surface area contributed by atoms with Gasteiger partial charge in [0.25, 0.3) is 5.91 Å². The summed E-state index contributed by atoms with van der Waals surface area (Å²) in [5, 5.41) is 5.21. The molecule has 1 aromatic carbocycles. The predicted octanol–water partition coefficient (Wildman–Crippen LogP) is 1.39. The highest BCUT2D eigenvalue weighted by Gasteiger charge is 2.07. The van der Waals surface area contributed by atoms with Crippen LogP contribution in [0.4, 0.5) is 5.69 Å². The SMILES string of the molecule is CC(=O)NCCCC(=O)OCC(=O)Nc1ccc(C)cc1. The summed E-state index contributed by atoms with van der Waals surface area (Å²) in [6.07, 6.45) is 0.649. The fourth-order valence-corrected chi connectivity index (χ4v) is 1.55. The summed E-state index contributed by atoms with van der Waals surface area (Å²) in [7, 11) is 0. The first-order valence-electron chi connectivity index (χ1n) is 6.74. The number of rotatable bonds is 7. The molecule has 1 rings (SSSR count). The van der Waals surface area contributed by atoms with E-state index < -0.39 is 5.97 Å². The standard InChI is InChI=1S/C15H20N2O4/c1-11-5-7-13(8-6-11)17-14(19)10-21-15(20)4-3-9-16-12(2)18/h5-8H,3-4,9-10H2,1-2H3,(H,16,18)(H,17,19). The predicted molar refractivity (Wildman–Crippen MR) is 78.7 cm³/mol. The number of nitrogens with one attached hydrogen (secondary N) is 2. The topological polar surface area (TPSA) is 84.5 Å². The number of ether oxygens (including phenoxy) is 1.